The van der Waals surface area contributed by atoms with Crippen molar-refractivity contribution in [2.24, 2.45) is 11.3 Å². The van der Waals surface area contributed by atoms with Gasteiger partial charge in [-0.15, -0.1) is 11.3 Å². The number of nitrogens with one attached hydrogen (secondary N) is 1. The highest BCUT2D eigenvalue weighted by molar-refractivity contribution is 7.09. The second-order valence-electron chi connectivity index (χ2n) is 7.68. The van der Waals surface area contributed by atoms with Crippen molar-refractivity contribution in [1.82, 2.24) is 20.1 Å². The standard InChI is InChI=1S/C17H30N4S/c1-14-16(22-13-19-14)10-20(3)8-15-4-7-21(9-15)12-17(2)5-6-18-11-17/h13,15,18H,4-12H2,1-3H3. The van der Waals surface area contributed by atoms with Crippen LogP contribution >= 0.6 is 11.3 Å². The summed E-state index contributed by atoms with van der Waals surface area (Å²) in [5.74, 6) is 0.830. The molecular weight excluding hydrogens is 292 g/mol. The molecule has 0 spiro atoms. The van der Waals surface area contributed by atoms with Gasteiger partial charge in [-0.3, -0.25) is 0 Å². The molecule has 124 valence electrons. The zero-order valence-electron chi connectivity index (χ0n) is 14.3. The lowest BCUT2D eigenvalue weighted by atomic mass is 9.89. The molecule has 1 aromatic rings. The molecule has 0 bridgehead atoms. The van der Waals surface area contributed by atoms with E-state index < -0.39 is 0 Å². The van der Waals surface area contributed by atoms with Gasteiger partial charge in [0, 0.05) is 37.6 Å². The Labute approximate surface area is 138 Å². The van der Waals surface area contributed by atoms with Crippen LogP contribution in [0.25, 0.3) is 0 Å². The third kappa shape index (κ3) is 4.07. The number of thiazole rings is 1. The van der Waals surface area contributed by atoms with Crippen LogP contribution in [0.15, 0.2) is 5.51 Å². The van der Waals surface area contributed by atoms with E-state index in [9.17, 15) is 0 Å². The second kappa shape index (κ2) is 6.95. The van der Waals surface area contributed by atoms with Crippen molar-refractivity contribution in [3.05, 3.63) is 16.1 Å². The highest BCUT2D eigenvalue weighted by atomic mass is 32.1. The second-order valence-corrected chi connectivity index (χ2v) is 8.62. The molecule has 2 fully saturated rings. The number of aromatic nitrogens is 1. The Bertz CT molecular complexity index is 481. The summed E-state index contributed by atoms with van der Waals surface area (Å²) in [6, 6.07) is 0. The fraction of sp³-hybridized carbons (Fsp3) is 0.824. The Morgan fingerprint density at radius 3 is 3.09 bits per heavy atom. The highest BCUT2D eigenvalue weighted by Gasteiger charge is 2.33. The van der Waals surface area contributed by atoms with E-state index >= 15 is 0 Å². The van der Waals surface area contributed by atoms with Crippen molar-refractivity contribution in [2.45, 2.75) is 33.2 Å². The summed E-state index contributed by atoms with van der Waals surface area (Å²) in [6.45, 7) is 13.1. The molecule has 4 nitrogen and oxygen atoms in total. The van der Waals surface area contributed by atoms with Crippen molar-refractivity contribution in [2.75, 3.05) is 46.3 Å². The molecule has 0 aromatic carbocycles. The predicted octanol–water partition coefficient (Wildman–Crippen LogP) is 2.20. The molecule has 3 rings (SSSR count). The average molecular weight is 323 g/mol. The summed E-state index contributed by atoms with van der Waals surface area (Å²) in [4.78, 5) is 11.0. The molecule has 2 aliphatic rings. The monoisotopic (exact) mass is 322 g/mol. The van der Waals surface area contributed by atoms with Gasteiger partial charge >= 0.3 is 0 Å². The van der Waals surface area contributed by atoms with E-state index in [2.05, 4.69) is 41.0 Å². The van der Waals surface area contributed by atoms with Gasteiger partial charge in [0.25, 0.3) is 0 Å². The molecule has 2 atom stereocenters. The van der Waals surface area contributed by atoms with Gasteiger partial charge in [0.1, 0.15) is 0 Å². The van der Waals surface area contributed by atoms with Gasteiger partial charge in [0.15, 0.2) is 0 Å². The highest BCUT2D eigenvalue weighted by Crippen LogP contribution is 2.29. The van der Waals surface area contributed by atoms with Crippen LogP contribution in [0.1, 0.15) is 30.3 Å². The normalized spacial score (nSPS) is 29.7. The first kappa shape index (κ1) is 16.4. The number of rotatable bonds is 6. The lowest BCUT2D eigenvalue weighted by Crippen LogP contribution is -2.36. The molecule has 0 amide bonds. The minimum atomic E-state index is 0.501. The molecule has 2 saturated heterocycles. The number of hydrogen-bond acceptors (Lipinski definition) is 5. The van der Waals surface area contributed by atoms with Gasteiger partial charge in [-0.2, -0.15) is 0 Å². The summed E-state index contributed by atoms with van der Waals surface area (Å²) >= 11 is 1.79. The summed E-state index contributed by atoms with van der Waals surface area (Å²) in [5.41, 5.74) is 3.67. The van der Waals surface area contributed by atoms with Crippen LogP contribution in [-0.4, -0.2) is 61.1 Å². The van der Waals surface area contributed by atoms with Crippen molar-refractivity contribution < 1.29 is 0 Å². The predicted molar refractivity (Wildman–Crippen MR) is 93.3 cm³/mol. The first-order valence-electron chi connectivity index (χ1n) is 8.55. The summed E-state index contributed by atoms with van der Waals surface area (Å²) in [5, 5.41) is 3.52. The third-order valence-electron chi connectivity index (χ3n) is 5.26. The van der Waals surface area contributed by atoms with E-state index in [1.807, 2.05) is 5.51 Å². The van der Waals surface area contributed by atoms with Crippen molar-refractivity contribution in [3.63, 3.8) is 0 Å². The molecule has 3 heterocycles. The first-order chi connectivity index (χ1) is 10.5. The maximum atomic E-state index is 4.36. The van der Waals surface area contributed by atoms with Gasteiger partial charge in [-0.1, -0.05) is 6.92 Å². The summed E-state index contributed by atoms with van der Waals surface area (Å²) < 4.78 is 0. The number of aryl methyl sites for hydroxylation is 1. The fourth-order valence-corrected chi connectivity index (χ4v) is 4.83. The molecule has 1 N–H and O–H groups in total. The maximum Gasteiger partial charge on any atom is 0.0798 e. The topological polar surface area (TPSA) is 31.4 Å². The maximum absolute atomic E-state index is 4.36. The smallest absolute Gasteiger partial charge is 0.0798 e. The number of nitrogens with zero attached hydrogens (tertiary/aromatic N) is 3. The number of likely N-dealkylation sites (tertiary alicyclic amines) is 1. The summed E-state index contributed by atoms with van der Waals surface area (Å²) in [7, 11) is 2.25. The Morgan fingerprint density at radius 2 is 2.41 bits per heavy atom. The molecular formula is C17H30N4S. The van der Waals surface area contributed by atoms with Gasteiger partial charge in [-0.05, 0) is 51.2 Å². The zero-order valence-corrected chi connectivity index (χ0v) is 15.1. The lowest BCUT2D eigenvalue weighted by molar-refractivity contribution is 0.195. The molecule has 2 aliphatic heterocycles. The molecule has 1 aromatic heterocycles. The average Bonchev–Trinajstić information content (AvgIpc) is 3.15. The van der Waals surface area contributed by atoms with E-state index in [1.54, 1.807) is 11.3 Å². The Balaban J connectivity index is 1.43. The van der Waals surface area contributed by atoms with Crippen LogP contribution in [0.5, 0.6) is 0 Å². The van der Waals surface area contributed by atoms with Crippen LogP contribution in [0.4, 0.5) is 0 Å². The van der Waals surface area contributed by atoms with Gasteiger partial charge in [0.05, 0.1) is 11.2 Å². The molecule has 0 saturated carbocycles. The SMILES string of the molecule is Cc1ncsc1CN(C)CC1CCN(CC2(C)CCNC2)C1. The van der Waals surface area contributed by atoms with Crippen LogP contribution < -0.4 is 5.32 Å². The largest absolute Gasteiger partial charge is 0.316 e. The van der Waals surface area contributed by atoms with Gasteiger partial charge in [-0.25, -0.2) is 4.98 Å². The Morgan fingerprint density at radius 1 is 1.55 bits per heavy atom. The molecule has 0 radical (unpaired) electrons. The molecule has 22 heavy (non-hydrogen) atoms. The molecule has 5 heteroatoms. The summed E-state index contributed by atoms with van der Waals surface area (Å²) in [6.07, 6.45) is 2.69. The minimum Gasteiger partial charge on any atom is -0.316 e. The van der Waals surface area contributed by atoms with E-state index in [1.165, 1.54) is 62.7 Å². The van der Waals surface area contributed by atoms with E-state index in [0.29, 0.717) is 5.41 Å². The first-order valence-corrected chi connectivity index (χ1v) is 9.43. The molecule has 0 aliphatic carbocycles. The van der Waals surface area contributed by atoms with Crippen LogP contribution in [-0.2, 0) is 6.54 Å². The van der Waals surface area contributed by atoms with Crippen molar-refractivity contribution in [1.29, 1.82) is 0 Å². The minimum absolute atomic E-state index is 0.501. The third-order valence-corrected chi connectivity index (χ3v) is 6.18. The lowest BCUT2D eigenvalue weighted by Gasteiger charge is -2.29. The quantitative estimate of drug-likeness (QED) is 0.870. The van der Waals surface area contributed by atoms with Gasteiger partial charge in [0.2, 0.25) is 0 Å². The fourth-order valence-electron chi connectivity index (χ4n) is 3.98. The van der Waals surface area contributed by atoms with Gasteiger partial charge < -0.3 is 15.1 Å². The Kier molecular flexibility index (Phi) is 5.17. The zero-order chi connectivity index (χ0) is 15.6. The van der Waals surface area contributed by atoms with Crippen molar-refractivity contribution >= 4 is 11.3 Å². The van der Waals surface area contributed by atoms with E-state index in [0.717, 1.165) is 12.5 Å². The Hall–Kier alpha value is -0.490. The van der Waals surface area contributed by atoms with Crippen molar-refractivity contribution in [3.8, 4) is 0 Å². The molecule has 2 unspecified atom stereocenters. The van der Waals surface area contributed by atoms with Crippen LogP contribution in [0.3, 0.4) is 0 Å². The van der Waals surface area contributed by atoms with E-state index in [4.69, 9.17) is 0 Å². The number of hydrogen-bond donors (Lipinski definition) is 1. The van der Waals surface area contributed by atoms with E-state index in [-0.39, 0.29) is 0 Å². The van der Waals surface area contributed by atoms with Crippen LogP contribution in [0, 0.1) is 18.3 Å². The van der Waals surface area contributed by atoms with Crippen LogP contribution in [0.2, 0.25) is 0 Å².